The van der Waals surface area contributed by atoms with Gasteiger partial charge in [0.25, 0.3) is 5.91 Å². The van der Waals surface area contributed by atoms with Gasteiger partial charge in [0.15, 0.2) is 23.0 Å². The van der Waals surface area contributed by atoms with Crippen molar-refractivity contribution in [2.75, 3.05) is 19.2 Å². The summed E-state index contributed by atoms with van der Waals surface area (Å²) in [7, 11) is 1.62. The standard InChI is InChI=1S/C20H18N4O4/c1-26-15-5-3-14(4-6-15)22-19-9-7-16(23-24-19)20(25)21-11-13-2-8-17-18(10-13)28-12-27-17/h2-10H,11-12H2,1H3,(H,21,25)(H,22,24). The fourth-order valence-corrected chi connectivity index (χ4v) is 2.67. The Morgan fingerprint density at radius 2 is 1.86 bits per heavy atom. The van der Waals surface area contributed by atoms with E-state index >= 15 is 0 Å². The second-order valence-corrected chi connectivity index (χ2v) is 6.03. The number of benzene rings is 2. The van der Waals surface area contributed by atoms with Gasteiger partial charge in [0, 0.05) is 12.2 Å². The number of hydrogen-bond acceptors (Lipinski definition) is 7. The predicted molar refractivity (Wildman–Crippen MR) is 102 cm³/mol. The lowest BCUT2D eigenvalue weighted by Crippen LogP contribution is -2.24. The van der Waals surface area contributed by atoms with Crippen LogP contribution in [0, 0.1) is 0 Å². The number of carbonyl (C=O) groups excluding carboxylic acids is 1. The number of aromatic nitrogens is 2. The maximum Gasteiger partial charge on any atom is 0.272 e. The Morgan fingerprint density at radius 3 is 2.61 bits per heavy atom. The molecule has 4 rings (SSSR count). The molecule has 1 aliphatic rings. The minimum atomic E-state index is -0.304. The van der Waals surface area contributed by atoms with Crippen LogP contribution in [0.1, 0.15) is 16.1 Å². The first-order chi connectivity index (χ1) is 13.7. The van der Waals surface area contributed by atoms with Gasteiger partial charge in [-0.25, -0.2) is 0 Å². The molecule has 142 valence electrons. The quantitative estimate of drug-likeness (QED) is 0.681. The molecule has 3 aromatic rings. The molecule has 2 N–H and O–H groups in total. The highest BCUT2D eigenvalue weighted by molar-refractivity contribution is 5.92. The Bertz CT molecular complexity index is 975. The van der Waals surface area contributed by atoms with Crippen LogP contribution in [-0.4, -0.2) is 30.0 Å². The van der Waals surface area contributed by atoms with Crippen LogP contribution < -0.4 is 24.8 Å². The average molecular weight is 378 g/mol. The highest BCUT2D eigenvalue weighted by Gasteiger charge is 2.14. The van der Waals surface area contributed by atoms with E-state index in [0.29, 0.717) is 23.9 Å². The van der Waals surface area contributed by atoms with Crippen LogP contribution in [0.4, 0.5) is 11.5 Å². The van der Waals surface area contributed by atoms with E-state index in [4.69, 9.17) is 14.2 Å². The second kappa shape index (κ2) is 7.83. The fourth-order valence-electron chi connectivity index (χ4n) is 2.67. The molecule has 0 unspecified atom stereocenters. The molecular formula is C20H18N4O4. The number of nitrogens with zero attached hydrogens (tertiary/aromatic N) is 2. The Hall–Kier alpha value is -3.81. The van der Waals surface area contributed by atoms with E-state index in [1.165, 1.54) is 0 Å². The Morgan fingerprint density at radius 1 is 1.04 bits per heavy atom. The molecular weight excluding hydrogens is 360 g/mol. The maximum absolute atomic E-state index is 12.3. The summed E-state index contributed by atoms with van der Waals surface area (Å²) in [6.45, 7) is 0.570. The number of nitrogens with one attached hydrogen (secondary N) is 2. The lowest BCUT2D eigenvalue weighted by molar-refractivity contribution is 0.0945. The molecule has 1 aliphatic heterocycles. The molecule has 8 heteroatoms. The summed E-state index contributed by atoms with van der Waals surface area (Å²) in [5.41, 5.74) is 1.99. The van der Waals surface area contributed by atoms with Crippen molar-refractivity contribution in [3.63, 3.8) is 0 Å². The molecule has 0 fully saturated rings. The second-order valence-electron chi connectivity index (χ2n) is 6.03. The highest BCUT2D eigenvalue weighted by atomic mass is 16.7. The number of fused-ring (bicyclic) bond motifs is 1. The monoisotopic (exact) mass is 378 g/mol. The molecule has 0 saturated heterocycles. The van der Waals surface area contributed by atoms with Crippen LogP contribution in [0.3, 0.4) is 0 Å². The van der Waals surface area contributed by atoms with Crippen LogP contribution in [0.15, 0.2) is 54.6 Å². The summed E-state index contributed by atoms with van der Waals surface area (Å²) in [6.07, 6.45) is 0. The first-order valence-electron chi connectivity index (χ1n) is 8.63. The topological polar surface area (TPSA) is 94.6 Å². The van der Waals surface area contributed by atoms with E-state index in [2.05, 4.69) is 20.8 Å². The summed E-state index contributed by atoms with van der Waals surface area (Å²) in [5.74, 6) is 2.39. The number of methoxy groups -OCH3 is 1. The Labute approximate surface area is 161 Å². The number of hydrogen-bond donors (Lipinski definition) is 2. The van der Waals surface area contributed by atoms with E-state index in [1.54, 1.807) is 19.2 Å². The van der Waals surface area contributed by atoms with E-state index in [0.717, 1.165) is 17.0 Å². The molecule has 1 aromatic heterocycles. The summed E-state index contributed by atoms with van der Waals surface area (Å²) >= 11 is 0. The minimum Gasteiger partial charge on any atom is -0.497 e. The van der Waals surface area contributed by atoms with Gasteiger partial charge in [-0.3, -0.25) is 4.79 Å². The molecule has 0 spiro atoms. The van der Waals surface area contributed by atoms with Crippen LogP contribution >= 0.6 is 0 Å². The highest BCUT2D eigenvalue weighted by Crippen LogP contribution is 2.32. The van der Waals surface area contributed by atoms with Crippen molar-refractivity contribution in [2.45, 2.75) is 6.54 Å². The van der Waals surface area contributed by atoms with Crippen molar-refractivity contribution in [2.24, 2.45) is 0 Å². The number of amides is 1. The first kappa shape index (κ1) is 17.6. The molecule has 2 aromatic carbocycles. The Kier molecular flexibility index (Phi) is 4.92. The van der Waals surface area contributed by atoms with Crippen LogP contribution in [0.2, 0.25) is 0 Å². The summed E-state index contributed by atoms with van der Waals surface area (Å²) < 4.78 is 15.7. The van der Waals surface area contributed by atoms with Gasteiger partial charge in [-0.2, -0.15) is 0 Å². The third-order valence-electron chi connectivity index (χ3n) is 4.15. The average Bonchev–Trinajstić information content (AvgIpc) is 3.21. The third-order valence-corrected chi connectivity index (χ3v) is 4.15. The molecule has 0 aliphatic carbocycles. The fraction of sp³-hybridized carbons (Fsp3) is 0.150. The van der Waals surface area contributed by atoms with Crippen LogP contribution in [0.5, 0.6) is 17.2 Å². The van der Waals surface area contributed by atoms with Gasteiger partial charge in [0.1, 0.15) is 5.75 Å². The minimum absolute atomic E-state index is 0.220. The molecule has 0 atom stereocenters. The smallest absolute Gasteiger partial charge is 0.272 e. The van der Waals surface area contributed by atoms with E-state index in [9.17, 15) is 4.79 Å². The lowest BCUT2D eigenvalue weighted by atomic mass is 10.2. The van der Waals surface area contributed by atoms with Gasteiger partial charge < -0.3 is 24.8 Å². The molecule has 0 saturated carbocycles. The van der Waals surface area contributed by atoms with Crippen molar-refractivity contribution in [1.29, 1.82) is 0 Å². The largest absolute Gasteiger partial charge is 0.497 e. The van der Waals surface area contributed by atoms with Gasteiger partial charge in [0.05, 0.1) is 7.11 Å². The first-order valence-corrected chi connectivity index (χ1v) is 8.63. The van der Waals surface area contributed by atoms with Crippen LogP contribution in [-0.2, 0) is 6.54 Å². The van der Waals surface area contributed by atoms with Gasteiger partial charge in [-0.1, -0.05) is 6.07 Å². The zero-order valence-electron chi connectivity index (χ0n) is 15.1. The summed E-state index contributed by atoms with van der Waals surface area (Å²) in [6, 6.07) is 16.3. The molecule has 0 radical (unpaired) electrons. The predicted octanol–water partition coefficient (Wildman–Crippen LogP) is 2.89. The molecule has 2 heterocycles. The number of anilines is 2. The third kappa shape index (κ3) is 3.96. The SMILES string of the molecule is COc1ccc(Nc2ccc(C(=O)NCc3ccc4c(c3)OCO4)nn2)cc1. The van der Waals surface area contributed by atoms with Crippen LogP contribution in [0.25, 0.3) is 0 Å². The van der Waals surface area contributed by atoms with Gasteiger partial charge in [-0.15, -0.1) is 10.2 Å². The van der Waals surface area contributed by atoms with Crippen molar-refractivity contribution < 1.29 is 19.0 Å². The van der Waals surface area contributed by atoms with E-state index < -0.39 is 0 Å². The number of carbonyl (C=O) groups is 1. The molecule has 28 heavy (non-hydrogen) atoms. The van der Waals surface area contributed by atoms with Gasteiger partial charge in [0.2, 0.25) is 6.79 Å². The maximum atomic E-state index is 12.3. The summed E-state index contributed by atoms with van der Waals surface area (Å²) in [5, 5.41) is 14.0. The van der Waals surface area contributed by atoms with Crippen molar-refractivity contribution >= 4 is 17.4 Å². The zero-order valence-corrected chi connectivity index (χ0v) is 15.1. The molecule has 8 nitrogen and oxygen atoms in total. The van der Waals surface area contributed by atoms with Crippen molar-refractivity contribution in [3.05, 3.63) is 65.9 Å². The molecule has 1 amide bonds. The zero-order chi connectivity index (χ0) is 19.3. The van der Waals surface area contributed by atoms with Gasteiger partial charge >= 0.3 is 0 Å². The normalized spacial score (nSPS) is 11.8. The van der Waals surface area contributed by atoms with Crippen molar-refractivity contribution in [1.82, 2.24) is 15.5 Å². The molecule has 0 bridgehead atoms. The van der Waals surface area contributed by atoms with E-state index in [-0.39, 0.29) is 18.4 Å². The lowest BCUT2D eigenvalue weighted by Gasteiger charge is -2.08. The van der Waals surface area contributed by atoms with Crippen molar-refractivity contribution in [3.8, 4) is 17.2 Å². The van der Waals surface area contributed by atoms with Gasteiger partial charge in [-0.05, 0) is 54.1 Å². The summed E-state index contributed by atoms with van der Waals surface area (Å²) in [4.78, 5) is 12.3. The number of rotatable bonds is 6. The Balaban J connectivity index is 1.34. The number of ether oxygens (including phenoxy) is 3. The van der Waals surface area contributed by atoms with E-state index in [1.807, 2.05) is 42.5 Å².